The van der Waals surface area contributed by atoms with Gasteiger partial charge in [-0.25, -0.2) is 14.4 Å². The highest BCUT2D eigenvalue weighted by Gasteiger charge is 2.29. The Bertz CT molecular complexity index is 1550. The maximum Gasteiger partial charge on any atom is 0.259 e. The van der Waals surface area contributed by atoms with Crippen LogP contribution in [0.25, 0.3) is 22.2 Å². The highest BCUT2D eigenvalue weighted by Crippen LogP contribution is 2.38. The van der Waals surface area contributed by atoms with Gasteiger partial charge >= 0.3 is 0 Å². The van der Waals surface area contributed by atoms with Gasteiger partial charge in [0.1, 0.15) is 11.4 Å². The quantitative estimate of drug-likeness (QED) is 0.407. The number of fused-ring (bicyclic) bond motifs is 1. The van der Waals surface area contributed by atoms with Crippen molar-refractivity contribution in [3.05, 3.63) is 76.7 Å². The molecule has 39 heavy (non-hydrogen) atoms. The molecule has 0 radical (unpaired) electrons. The number of anilines is 2. The van der Waals surface area contributed by atoms with Crippen molar-refractivity contribution in [1.29, 1.82) is 0 Å². The lowest BCUT2D eigenvalue weighted by molar-refractivity contribution is 0.0662. The summed E-state index contributed by atoms with van der Waals surface area (Å²) < 4.78 is 17.3. The second-order valence-corrected chi connectivity index (χ2v) is 9.59. The Morgan fingerprint density at radius 3 is 2.54 bits per heavy atom. The Morgan fingerprint density at radius 2 is 1.85 bits per heavy atom. The minimum absolute atomic E-state index is 0.0940. The van der Waals surface area contributed by atoms with Gasteiger partial charge in [-0.15, -0.1) is 0 Å². The van der Waals surface area contributed by atoms with Crippen LogP contribution in [0.5, 0.6) is 0 Å². The molecule has 1 saturated carbocycles. The van der Waals surface area contributed by atoms with Crippen molar-refractivity contribution in [2.75, 3.05) is 38.5 Å². The number of rotatable bonds is 5. The van der Waals surface area contributed by atoms with E-state index in [2.05, 4.69) is 25.2 Å². The predicted molar refractivity (Wildman–Crippen MR) is 150 cm³/mol. The summed E-state index contributed by atoms with van der Waals surface area (Å²) in [6.07, 6.45) is 8.50. The molecule has 1 aromatic carbocycles. The number of piperazine rings is 1. The van der Waals surface area contributed by atoms with Gasteiger partial charge in [-0.3, -0.25) is 14.6 Å². The number of halogens is 1. The summed E-state index contributed by atoms with van der Waals surface area (Å²) >= 11 is 0. The molecular formula is C29H32FN7O2. The van der Waals surface area contributed by atoms with Gasteiger partial charge in [0.25, 0.3) is 5.91 Å². The van der Waals surface area contributed by atoms with E-state index in [1.54, 1.807) is 41.8 Å². The van der Waals surface area contributed by atoms with Crippen LogP contribution in [-0.2, 0) is 0 Å². The number of likely N-dealkylation sites (N-methyl/N-ethyl adjacent to an activating group) is 1. The number of carbonyl (C=O) groups is 1. The molecule has 2 aliphatic rings. The van der Waals surface area contributed by atoms with E-state index in [1.165, 1.54) is 6.07 Å². The van der Waals surface area contributed by atoms with Crippen LogP contribution in [0.4, 0.5) is 16.0 Å². The lowest BCUT2D eigenvalue weighted by Gasteiger charge is -2.32. The number of hydrogen-bond acceptors (Lipinski definition) is 7. The molecule has 2 fully saturated rings. The van der Waals surface area contributed by atoms with Crippen molar-refractivity contribution in [2.45, 2.75) is 32.7 Å². The van der Waals surface area contributed by atoms with Crippen LogP contribution in [0, 0.1) is 5.82 Å². The van der Waals surface area contributed by atoms with E-state index in [0.717, 1.165) is 31.5 Å². The molecule has 9 nitrogen and oxygen atoms in total. The van der Waals surface area contributed by atoms with E-state index in [-0.39, 0.29) is 34.5 Å². The number of pyridine rings is 2. The van der Waals surface area contributed by atoms with Crippen LogP contribution in [-0.4, -0.2) is 68.5 Å². The summed E-state index contributed by atoms with van der Waals surface area (Å²) in [5, 5.41) is 3.16. The third-order valence-electron chi connectivity index (χ3n) is 6.94. The molecule has 4 heterocycles. The Balaban J connectivity index is 0.00000151. The first kappa shape index (κ1) is 26.4. The minimum atomic E-state index is -0.619. The van der Waals surface area contributed by atoms with Gasteiger partial charge in [-0.05, 0) is 50.2 Å². The molecule has 1 aliphatic carbocycles. The zero-order valence-electron chi connectivity index (χ0n) is 22.4. The number of hydrogen-bond donors (Lipinski definition) is 1. The lowest BCUT2D eigenvalue weighted by Crippen LogP contribution is -2.48. The van der Waals surface area contributed by atoms with Crippen LogP contribution in [0.15, 0.2) is 59.9 Å². The fourth-order valence-corrected chi connectivity index (χ4v) is 4.67. The maximum absolute atomic E-state index is 15.3. The first-order valence-corrected chi connectivity index (χ1v) is 13.3. The molecule has 3 aromatic heterocycles. The van der Waals surface area contributed by atoms with Crippen LogP contribution in [0.3, 0.4) is 0 Å². The molecule has 1 N–H and O–H groups in total. The van der Waals surface area contributed by atoms with E-state index in [4.69, 9.17) is 0 Å². The van der Waals surface area contributed by atoms with Crippen molar-refractivity contribution in [3.8, 4) is 11.3 Å². The average Bonchev–Trinajstić information content (AvgIpc) is 3.82. The number of carbonyl (C=O) groups excluding carboxylic acids is 1. The summed E-state index contributed by atoms with van der Waals surface area (Å²) in [6, 6.07) is 8.44. The van der Waals surface area contributed by atoms with Crippen molar-refractivity contribution >= 4 is 28.4 Å². The summed E-state index contributed by atoms with van der Waals surface area (Å²) in [7, 11) is 2.01. The highest BCUT2D eigenvalue weighted by molar-refractivity contribution is 5.98. The molecule has 0 unspecified atom stereocenters. The average molecular weight is 530 g/mol. The fraction of sp³-hybridized carbons (Fsp3) is 0.345. The van der Waals surface area contributed by atoms with Crippen molar-refractivity contribution in [3.63, 3.8) is 0 Å². The molecule has 1 amide bonds. The van der Waals surface area contributed by atoms with Gasteiger partial charge < -0.3 is 19.7 Å². The molecule has 0 spiro atoms. The Hall–Kier alpha value is -4.18. The molecule has 202 valence electrons. The van der Waals surface area contributed by atoms with Crippen LogP contribution in [0.1, 0.15) is 43.1 Å². The zero-order chi connectivity index (χ0) is 27.5. The van der Waals surface area contributed by atoms with Crippen LogP contribution < -0.4 is 10.7 Å². The van der Waals surface area contributed by atoms with E-state index in [0.29, 0.717) is 24.3 Å². The Morgan fingerprint density at radius 1 is 1.08 bits per heavy atom. The largest absolute Gasteiger partial charge is 0.343 e. The van der Waals surface area contributed by atoms with Gasteiger partial charge in [0, 0.05) is 68.0 Å². The summed E-state index contributed by atoms with van der Waals surface area (Å²) in [5.41, 5.74) is 1.84. The van der Waals surface area contributed by atoms with Gasteiger partial charge in [0.05, 0.1) is 16.9 Å². The van der Waals surface area contributed by atoms with Crippen LogP contribution in [0.2, 0.25) is 0 Å². The molecule has 6 rings (SSSR count). The van der Waals surface area contributed by atoms with E-state index in [1.807, 2.05) is 37.6 Å². The standard InChI is InChI=1S/C27H26FN7O2.C2H6/c1-33-9-11-34(12-10-33)26(37)20-16-35(18-4-5-18)24-14-23(21(28)13-19(24)25(20)36)32-27-30-8-6-22(31-27)17-3-2-7-29-15-17;1-2/h2-3,6-8,13-16,18H,4-5,9-12H2,1H3,(H,30,31,32);1-2H3. The van der Waals surface area contributed by atoms with E-state index >= 15 is 4.39 Å². The molecule has 1 saturated heterocycles. The summed E-state index contributed by atoms with van der Waals surface area (Å²) in [4.78, 5) is 43.4. The third-order valence-corrected chi connectivity index (χ3v) is 6.94. The van der Waals surface area contributed by atoms with Gasteiger partial charge in [-0.2, -0.15) is 0 Å². The Kier molecular flexibility index (Phi) is 7.65. The Labute approximate surface area is 226 Å². The van der Waals surface area contributed by atoms with Crippen molar-refractivity contribution < 1.29 is 9.18 Å². The number of nitrogens with one attached hydrogen (secondary N) is 1. The molecule has 0 atom stereocenters. The summed E-state index contributed by atoms with van der Waals surface area (Å²) in [6.45, 7) is 6.63. The second kappa shape index (κ2) is 11.3. The predicted octanol–water partition coefficient (Wildman–Crippen LogP) is 4.48. The van der Waals surface area contributed by atoms with Gasteiger partial charge in [0.2, 0.25) is 11.4 Å². The third kappa shape index (κ3) is 5.51. The van der Waals surface area contributed by atoms with Crippen molar-refractivity contribution in [1.82, 2.24) is 29.3 Å². The smallest absolute Gasteiger partial charge is 0.259 e. The number of benzene rings is 1. The highest BCUT2D eigenvalue weighted by atomic mass is 19.1. The number of aromatic nitrogens is 4. The first-order chi connectivity index (χ1) is 19.0. The van der Waals surface area contributed by atoms with Gasteiger partial charge in [0.15, 0.2) is 0 Å². The monoisotopic (exact) mass is 529 g/mol. The van der Waals surface area contributed by atoms with Gasteiger partial charge in [-0.1, -0.05) is 13.8 Å². The molecule has 1 aliphatic heterocycles. The lowest BCUT2D eigenvalue weighted by atomic mass is 10.1. The topological polar surface area (TPSA) is 96.2 Å². The normalized spacial score (nSPS) is 15.5. The molecular weight excluding hydrogens is 497 g/mol. The fourth-order valence-electron chi connectivity index (χ4n) is 4.67. The van der Waals surface area contributed by atoms with E-state index in [9.17, 15) is 9.59 Å². The minimum Gasteiger partial charge on any atom is -0.343 e. The van der Waals surface area contributed by atoms with E-state index < -0.39 is 11.2 Å². The first-order valence-electron chi connectivity index (χ1n) is 13.3. The molecule has 4 aromatic rings. The van der Waals surface area contributed by atoms with Crippen molar-refractivity contribution in [2.24, 2.45) is 0 Å². The summed E-state index contributed by atoms with van der Waals surface area (Å²) in [5.74, 6) is -0.689. The number of amides is 1. The number of nitrogens with zero attached hydrogens (tertiary/aromatic N) is 6. The molecule has 0 bridgehead atoms. The maximum atomic E-state index is 15.3. The van der Waals surface area contributed by atoms with Crippen LogP contribution >= 0.6 is 0 Å². The SMILES string of the molecule is CC.CN1CCN(C(=O)c2cn(C3CC3)c3cc(Nc4nccc(-c5cccnc5)n4)c(F)cc3c2=O)CC1. The molecule has 10 heteroatoms. The zero-order valence-corrected chi connectivity index (χ0v) is 22.4. The second-order valence-electron chi connectivity index (χ2n) is 9.59.